The highest BCUT2D eigenvalue weighted by molar-refractivity contribution is 5.17. The first kappa shape index (κ1) is 14.0. The Morgan fingerprint density at radius 3 is 3.20 bits per heavy atom. The van der Waals surface area contributed by atoms with Crippen LogP contribution in [0.1, 0.15) is 26.0 Å². The second-order valence-electron chi connectivity index (χ2n) is 6.30. The van der Waals surface area contributed by atoms with E-state index in [2.05, 4.69) is 33.6 Å². The fraction of sp³-hybridized carbons (Fsp3) is 0.800. The molecular formula is C15H26N4O. The molecule has 3 heterocycles. The van der Waals surface area contributed by atoms with Gasteiger partial charge in [0.25, 0.3) is 0 Å². The van der Waals surface area contributed by atoms with E-state index in [4.69, 9.17) is 4.74 Å². The van der Waals surface area contributed by atoms with Crippen LogP contribution in [0.4, 0.5) is 0 Å². The highest BCUT2D eigenvalue weighted by Crippen LogP contribution is 2.30. The fourth-order valence-electron chi connectivity index (χ4n) is 3.40. The SMILES string of the molecule is CCN1CCOC(Cn2cncc2C2(C)CCNC2)C1. The smallest absolute Gasteiger partial charge is 0.0949 e. The first-order valence-electron chi connectivity index (χ1n) is 7.76. The molecule has 112 valence electrons. The Bertz CT molecular complexity index is 439. The van der Waals surface area contributed by atoms with Gasteiger partial charge in [0.05, 0.1) is 25.6 Å². The molecule has 0 aromatic carbocycles. The summed E-state index contributed by atoms with van der Waals surface area (Å²) in [5, 5.41) is 3.47. The topological polar surface area (TPSA) is 42.3 Å². The zero-order valence-electron chi connectivity index (χ0n) is 12.6. The molecule has 5 heteroatoms. The second kappa shape index (κ2) is 5.84. The van der Waals surface area contributed by atoms with Crippen LogP contribution in [0.3, 0.4) is 0 Å². The number of morpholine rings is 1. The van der Waals surface area contributed by atoms with Gasteiger partial charge in [0.1, 0.15) is 0 Å². The van der Waals surface area contributed by atoms with Crippen molar-refractivity contribution in [3.8, 4) is 0 Å². The minimum atomic E-state index is 0.218. The number of rotatable bonds is 4. The Morgan fingerprint density at radius 2 is 2.45 bits per heavy atom. The summed E-state index contributed by atoms with van der Waals surface area (Å²) in [5.41, 5.74) is 1.56. The molecule has 2 saturated heterocycles. The molecule has 2 aliphatic rings. The molecule has 2 unspecified atom stereocenters. The van der Waals surface area contributed by atoms with Crippen molar-refractivity contribution in [3.63, 3.8) is 0 Å². The predicted molar refractivity (Wildman–Crippen MR) is 78.9 cm³/mol. The number of likely N-dealkylation sites (N-methyl/N-ethyl adjacent to an activating group) is 1. The van der Waals surface area contributed by atoms with Crippen molar-refractivity contribution in [2.45, 2.75) is 38.3 Å². The maximum Gasteiger partial charge on any atom is 0.0949 e. The average Bonchev–Trinajstić information content (AvgIpc) is 3.09. The summed E-state index contributed by atoms with van der Waals surface area (Å²) >= 11 is 0. The number of nitrogens with one attached hydrogen (secondary N) is 1. The molecule has 0 bridgehead atoms. The second-order valence-corrected chi connectivity index (χ2v) is 6.30. The Hall–Kier alpha value is -0.910. The zero-order chi connectivity index (χ0) is 14.0. The third-order valence-electron chi connectivity index (χ3n) is 4.77. The number of imidazole rings is 1. The largest absolute Gasteiger partial charge is 0.374 e. The van der Waals surface area contributed by atoms with E-state index in [1.54, 1.807) is 0 Å². The number of hydrogen-bond acceptors (Lipinski definition) is 4. The van der Waals surface area contributed by atoms with Crippen molar-refractivity contribution in [2.24, 2.45) is 0 Å². The van der Waals surface area contributed by atoms with Crippen LogP contribution in [-0.2, 0) is 16.7 Å². The van der Waals surface area contributed by atoms with Gasteiger partial charge in [-0.1, -0.05) is 13.8 Å². The first-order chi connectivity index (χ1) is 9.71. The van der Waals surface area contributed by atoms with Crippen molar-refractivity contribution >= 4 is 0 Å². The van der Waals surface area contributed by atoms with Crippen molar-refractivity contribution < 1.29 is 4.74 Å². The minimum absolute atomic E-state index is 0.218. The fourth-order valence-corrected chi connectivity index (χ4v) is 3.40. The maximum atomic E-state index is 5.93. The lowest BCUT2D eigenvalue weighted by molar-refractivity contribution is -0.0348. The van der Waals surface area contributed by atoms with Gasteiger partial charge in [-0.15, -0.1) is 0 Å². The standard InChI is InChI=1S/C15H26N4O/c1-3-18-6-7-20-13(9-18)10-19-12-17-8-14(19)15(2)4-5-16-11-15/h8,12-13,16H,3-7,9-11H2,1-2H3. The molecule has 0 radical (unpaired) electrons. The Kier molecular flexibility index (Phi) is 4.10. The molecule has 0 spiro atoms. The van der Waals surface area contributed by atoms with Gasteiger partial charge in [0.2, 0.25) is 0 Å². The first-order valence-corrected chi connectivity index (χ1v) is 7.76. The van der Waals surface area contributed by atoms with Crippen molar-refractivity contribution in [1.29, 1.82) is 0 Å². The monoisotopic (exact) mass is 278 g/mol. The summed E-state index contributed by atoms with van der Waals surface area (Å²) < 4.78 is 8.23. The number of hydrogen-bond donors (Lipinski definition) is 1. The van der Waals surface area contributed by atoms with Crippen molar-refractivity contribution in [1.82, 2.24) is 19.8 Å². The number of aromatic nitrogens is 2. The van der Waals surface area contributed by atoms with Gasteiger partial charge < -0.3 is 14.6 Å². The highest BCUT2D eigenvalue weighted by Gasteiger charge is 2.34. The van der Waals surface area contributed by atoms with Crippen LogP contribution in [0.15, 0.2) is 12.5 Å². The van der Waals surface area contributed by atoms with Gasteiger partial charge in [-0.2, -0.15) is 0 Å². The number of nitrogens with zero attached hydrogens (tertiary/aromatic N) is 3. The van der Waals surface area contributed by atoms with Crippen LogP contribution in [0.5, 0.6) is 0 Å². The summed E-state index contributed by atoms with van der Waals surface area (Å²) in [5.74, 6) is 0. The molecule has 1 aromatic heterocycles. The van der Waals surface area contributed by atoms with Gasteiger partial charge in [-0.25, -0.2) is 4.98 Å². The molecule has 2 fully saturated rings. The molecule has 5 nitrogen and oxygen atoms in total. The Morgan fingerprint density at radius 1 is 1.55 bits per heavy atom. The summed E-state index contributed by atoms with van der Waals surface area (Å²) in [6, 6.07) is 0. The van der Waals surface area contributed by atoms with Gasteiger partial charge in [0, 0.05) is 36.9 Å². The average molecular weight is 278 g/mol. The van der Waals surface area contributed by atoms with E-state index in [1.165, 1.54) is 12.1 Å². The van der Waals surface area contributed by atoms with Gasteiger partial charge in [-0.05, 0) is 19.5 Å². The molecule has 0 aliphatic carbocycles. The van der Waals surface area contributed by atoms with Gasteiger partial charge in [-0.3, -0.25) is 4.90 Å². The van der Waals surface area contributed by atoms with E-state index in [9.17, 15) is 0 Å². The summed E-state index contributed by atoms with van der Waals surface area (Å²) in [7, 11) is 0. The third kappa shape index (κ3) is 2.75. The third-order valence-corrected chi connectivity index (χ3v) is 4.77. The summed E-state index contributed by atoms with van der Waals surface area (Å²) in [6.07, 6.45) is 5.47. The molecule has 20 heavy (non-hydrogen) atoms. The van der Waals surface area contributed by atoms with E-state index in [1.807, 2.05) is 12.5 Å². The van der Waals surface area contributed by atoms with Crippen LogP contribution in [0.2, 0.25) is 0 Å². The van der Waals surface area contributed by atoms with Crippen LogP contribution in [0, 0.1) is 0 Å². The van der Waals surface area contributed by atoms with Crippen molar-refractivity contribution in [3.05, 3.63) is 18.2 Å². The lowest BCUT2D eigenvalue weighted by Gasteiger charge is -2.33. The Balaban J connectivity index is 1.70. The molecule has 3 rings (SSSR count). The lowest BCUT2D eigenvalue weighted by Crippen LogP contribution is -2.44. The molecule has 2 aliphatic heterocycles. The molecule has 1 N–H and O–H groups in total. The summed E-state index contributed by atoms with van der Waals surface area (Å²) in [4.78, 5) is 6.84. The molecule has 0 amide bonds. The molecule has 2 atom stereocenters. The van der Waals surface area contributed by atoms with Gasteiger partial charge >= 0.3 is 0 Å². The van der Waals surface area contributed by atoms with E-state index in [0.717, 1.165) is 45.9 Å². The van der Waals surface area contributed by atoms with E-state index in [0.29, 0.717) is 0 Å². The molecular weight excluding hydrogens is 252 g/mol. The Labute approximate surface area is 121 Å². The van der Waals surface area contributed by atoms with E-state index < -0.39 is 0 Å². The van der Waals surface area contributed by atoms with Crippen molar-refractivity contribution in [2.75, 3.05) is 39.3 Å². The minimum Gasteiger partial charge on any atom is -0.374 e. The number of ether oxygens (including phenoxy) is 1. The van der Waals surface area contributed by atoms with Gasteiger partial charge in [0.15, 0.2) is 0 Å². The highest BCUT2D eigenvalue weighted by atomic mass is 16.5. The zero-order valence-corrected chi connectivity index (χ0v) is 12.6. The summed E-state index contributed by atoms with van der Waals surface area (Å²) in [6.45, 7) is 11.7. The van der Waals surface area contributed by atoms with Crippen LogP contribution in [-0.4, -0.2) is 59.9 Å². The molecule has 1 aromatic rings. The quantitative estimate of drug-likeness (QED) is 0.887. The van der Waals surface area contributed by atoms with E-state index >= 15 is 0 Å². The normalized spacial score (nSPS) is 31.8. The van der Waals surface area contributed by atoms with E-state index in [-0.39, 0.29) is 11.5 Å². The molecule has 0 saturated carbocycles. The maximum absolute atomic E-state index is 5.93. The van der Waals surface area contributed by atoms with Crippen LogP contribution in [0.25, 0.3) is 0 Å². The van der Waals surface area contributed by atoms with Crippen LogP contribution < -0.4 is 5.32 Å². The van der Waals surface area contributed by atoms with Crippen LogP contribution >= 0.6 is 0 Å². The lowest BCUT2D eigenvalue weighted by atomic mass is 9.86. The predicted octanol–water partition coefficient (Wildman–Crippen LogP) is 0.855.